The van der Waals surface area contributed by atoms with Gasteiger partial charge in [-0.15, -0.1) is 0 Å². The maximum Gasteiger partial charge on any atom is 0.162 e. The molecule has 0 amide bonds. The van der Waals surface area contributed by atoms with Crippen LogP contribution in [0.2, 0.25) is 0 Å². The molecule has 1 rings (SSSR count). The Morgan fingerprint density at radius 3 is 2.33 bits per heavy atom. The summed E-state index contributed by atoms with van der Waals surface area (Å²) >= 11 is 0. The number of hydrogen-bond donors (Lipinski definition) is 1. The van der Waals surface area contributed by atoms with Gasteiger partial charge in [-0.05, 0) is 37.3 Å². The van der Waals surface area contributed by atoms with E-state index in [4.69, 9.17) is 5.73 Å². The first-order valence-electron chi connectivity index (χ1n) is 5.13. The molecule has 0 aliphatic heterocycles. The van der Waals surface area contributed by atoms with Crippen LogP contribution in [0.1, 0.15) is 37.3 Å². The summed E-state index contributed by atoms with van der Waals surface area (Å²) in [6.45, 7) is 5.27. The first-order chi connectivity index (χ1) is 6.93. The van der Waals surface area contributed by atoms with E-state index in [1.807, 2.05) is 13.8 Å². The number of aryl methyl sites for hydroxylation is 1. The van der Waals surface area contributed by atoms with Crippen LogP contribution >= 0.6 is 0 Å². The van der Waals surface area contributed by atoms with Gasteiger partial charge in [0.25, 0.3) is 0 Å². The lowest BCUT2D eigenvalue weighted by Crippen LogP contribution is -2.18. The highest BCUT2D eigenvalue weighted by Gasteiger charge is 2.16. The van der Waals surface area contributed by atoms with Crippen molar-refractivity contribution < 1.29 is 8.78 Å². The molecule has 0 saturated carbocycles. The Hall–Kier alpha value is -0.960. The van der Waals surface area contributed by atoms with E-state index in [9.17, 15) is 8.78 Å². The van der Waals surface area contributed by atoms with Gasteiger partial charge in [0.1, 0.15) is 0 Å². The van der Waals surface area contributed by atoms with Crippen LogP contribution in [0.5, 0.6) is 0 Å². The van der Waals surface area contributed by atoms with Crippen LogP contribution in [-0.4, -0.2) is 6.04 Å². The monoisotopic (exact) mass is 213 g/mol. The molecule has 0 aliphatic carbocycles. The van der Waals surface area contributed by atoms with Crippen molar-refractivity contribution in [1.29, 1.82) is 0 Å². The molecule has 0 fully saturated rings. The molecule has 1 aromatic carbocycles. The third-order valence-corrected chi connectivity index (χ3v) is 2.56. The van der Waals surface area contributed by atoms with Gasteiger partial charge in [0.05, 0.1) is 0 Å². The van der Waals surface area contributed by atoms with Crippen molar-refractivity contribution in [2.45, 2.75) is 39.2 Å². The van der Waals surface area contributed by atoms with Crippen LogP contribution in [0.4, 0.5) is 8.78 Å². The topological polar surface area (TPSA) is 26.0 Å². The summed E-state index contributed by atoms with van der Waals surface area (Å²) in [5.41, 5.74) is 6.38. The fraction of sp³-hybridized carbons (Fsp3) is 0.500. The summed E-state index contributed by atoms with van der Waals surface area (Å²) < 4.78 is 26.8. The fourth-order valence-electron chi connectivity index (χ4n) is 1.73. The summed E-state index contributed by atoms with van der Waals surface area (Å²) in [4.78, 5) is 0. The highest BCUT2D eigenvalue weighted by Crippen LogP contribution is 2.25. The Morgan fingerprint density at radius 1 is 1.20 bits per heavy atom. The van der Waals surface area contributed by atoms with Gasteiger partial charge >= 0.3 is 0 Å². The van der Waals surface area contributed by atoms with E-state index in [-0.39, 0.29) is 12.0 Å². The molecular formula is C12H17F2N. The summed E-state index contributed by atoms with van der Waals surface area (Å²) in [7, 11) is 0. The van der Waals surface area contributed by atoms with Gasteiger partial charge in [-0.25, -0.2) is 8.78 Å². The van der Waals surface area contributed by atoms with Crippen LogP contribution < -0.4 is 5.73 Å². The second-order valence-electron chi connectivity index (χ2n) is 4.21. The van der Waals surface area contributed by atoms with Crippen LogP contribution in [-0.2, 0) is 0 Å². The highest BCUT2D eigenvalue weighted by atomic mass is 19.2. The van der Waals surface area contributed by atoms with E-state index < -0.39 is 11.6 Å². The normalized spacial score (nSPS) is 15.1. The smallest absolute Gasteiger partial charge is 0.162 e. The molecule has 1 aromatic rings. The molecule has 0 aromatic heterocycles. The lowest BCUT2D eigenvalue weighted by atomic mass is 9.93. The Bertz CT molecular complexity index is 348. The second kappa shape index (κ2) is 4.71. The van der Waals surface area contributed by atoms with Gasteiger partial charge in [0.15, 0.2) is 11.6 Å². The maximum atomic E-state index is 13.5. The molecule has 0 bridgehead atoms. The minimum absolute atomic E-state index is 0.0104. The molecule has 0 heterocycles. The number of benzene rings is 1. The molecule has 2 N–H and O–H groups in total. The fourth-order valence-corrected chi connectivity index (χ4v) is 1.73. The Balaban J connectivity index is 3.00. The van der Waals surface area contributed by atoms with Crippen molar-refractivity contribution in [2.24, 2.45) is 5.73 Å². The van der Waals surface area contributed by atoms with Gasteiger partial charge in [0, 0.05) is 6.04 Å². The van der Waals surface area contributed by atoms with E-state index in [1.165, 1.54) is 0 Å². The summed E-state index contributed by atoms with van der Waals surface area (Å²) in [5.74, 6) is -1.53. The molecule has 0 aliphatic rings. The van der Waals surface area contributed by atoms with Gasteiger partial charge in [-0.1, -0.05) is 19.1 Å². The summed E-state index contributed by atoms with van der Waals surface area (Å²) in [6.07, 6.45) is 0.652. The van der Waals surface area contributed by atoms with E-state index in [0.717, 1.165) is 0 Å². The molecule has 0 radical (unpaired) electrons. The van der Waals surface area contributed by atoms with Crippen molar-refractivity contribution in [3.8, 4) is 0 Å². The number of hydrogen-bond acceptors (Lipinski definition) is 1. The van der Waals surface area contributed by atoms with Crippen molar-refractivity contribution in [3.05, 3.63) is 34.9 Å². The second-order valence-corrected chi connectivity index (χ2v) is 4.21. The zero-order chi connectivity index (χ0) is 11.6. The largest absolute Gasteiger partial charge is 0.328 e. The highest BCUT2D eigenvalue weighted by molar-refractivity contribution is 5.27. The predicted octanol–water partition coefficient (Wildman–Crippen LogP) is 3.11. The van der Waals surface area contributed by atoms with E-state index in [2.05, 4.69) is 0 Å². The Morgan fingerprint density at radius 2 is 1.80 bits per heavy atom. The minimum atomic E-state index is -0.746. The molecule has 15 heavy (non-hydrogen) atoms. The van der Waals surface area contributed by atoms with Crippen molar-refractivity contribution in [3.63, 3.8) is 0 Å². The molecule has 0 spiro atoms. The zero-order valence-electron chi connectivity index (χ0n) is 9.35. The van der Waals surface area contributed by atoms with E-state index >= 15 is 0 Å². The third-order valence-electron chi connectivity index (χ3n) is 2.56. The molecule has 2 atom stereocenters. The van der Waals surface area contributed by atoms with Crippen molar-refractivity contribution >= 4 is 0 Å². The molecule has 2 unspecified atom stereocenters. The van der Waals surface area contributed by atoms with Gasteiger partial charge in [-0.2, -0.15) is 0 Å². The number of halogens is 2. The summed E-state index contributed by atoms with van der Waals surface area (Å²) in [5, 5.41) is 0. The molecule has 84 valence electrons. The molecule has 3 heteroatoms. The van der Waals surface area contributed by atoms with Crippen molar-refractivity contribution in [1.82, 2.24) is 0 Å². The Labute approximate surface area is 89.3 Å². The molecular weight excluding hydrogens is 196 g/mol. The lowest BCUT2D eigenvalue weighted by Gasteiger charge is -2.15. The predicted molar refractivity (Wildman–Crippen MR) is 57.8 cm³/mol. The number of rotatable bonds is 3. The molecule has 1 nitrogen and oxygen atoms in total. The zero-order valence-corrected chi connectivity index (χ0v) is 9.35. The van der Waals surface area contributed by atoms with Gasteiger partial charge in [0.2, 0.25) is 0 Å². The van der Waals surface area contributed by atoms with Crippen LogP contribution in [0.15, 0.2) is 12.1 Å². The first-order valence-corrected chi connectivity index (χ1v) is 5.13. The van der Waals surface area contributed by atoms with E-state index in [0.29, 0.717) is 17.5 Å². The van der Waals surface area contributed by atoms with Crippen LogP contribution in [0.3, 0.4) is 0 Å². The van der Waals surface area contributed by atoms with Crippen molar-refractivity contribution in [2.75, 3.05) is 0 Å². The first kappa shape index (κ1) is 12.1. The Kier molecular flexibility index (Phi) is 3.80. The average molecular weight is 213 g/mol. The third kappa shape index (κ3) is 2.75. The molecule has 0 saturated heterocycles. The van der Waals surface area contributed by atoms with E-state index in [1.54, 1.807) is 19.1 Å². The lowest BCUT2D eigenvalue weighted by molar-refractivity contribution is 0.475. The standard InChI is InChI=1S/C12H17F2N/c1-7-4-5-10(12(14)11(7)13)8(2)6-9(3)15/h4-5,8-9H,6,15H2,1-3H3. The minimum Gasteiger partial charge on any atom is -0.328 e. The van der Waals surface area contributed by atoms with Gasteiger partial charge < -0.3 is 5.73 Å². The van der Waals surface area contributed by atoms with Crippen LogP contribution in [0, 0.1) is 18.6 Å². The van der Waals surface area contributed by atoms with Crippen LogP contribution in [0.25, 0.3) is 0 Å². The average Bonchev–Trinajstić information content (AvgIpc) is 2.13. The quantitative estimate of drug-likeness (QED) is 0.820. The number of nitrogens with two attached hydrogens (primary N) is 1. The SMILES string of the molecule is Cc1ccc(C(C)CC(C)N)c(F)c1F. The summed E-state index contributed by atoms with van der Waals surface area (Å²) in [6, 6.07) is 3.23. The maximum absolute atomic E-state index is 13.5. The van der Waals surface area contributed by atoms with Gasteiger partial charge in [-0.3, -0.25) is 0 Å².